The second kappa shape index (κ2) is 9.39. The maximum atomic E-state index is 13.0. The third-order valence-electron chi connectivity index (χ3n) is 5.66. The van der Waals surface area contributed by atoms with Crippen molar-refractivity contribution in [3.05, 3.63) is 29.8 Å². The highest BCUT2D eigenvalue weighted by Crippen LogP contribution is 2.38. The minimum Gasteiger partial charge on any atom is -0.324 e. The van der Waals surface area contributed by atoms with Crippen molar-refractivity contribution in [3.63, 3.8) is 0 Å². The normalized spacial score (nSPS) is 24.1. The molecule has 2 unspecified atom stereocenters. The first-order chi connectivity index (χ1) is 13.0. The van der Waals surface area contributed by atoms with Crippen LogP contribution in [0.5, 0.6) is 0 Å². The largest absolute Gasteiger partial charge is 0.325 e. The average molecular weight is 409 g/mol. The summed E-state index contributed by atoms with van der Waals surface area (Å²) < 4.78 is 0. The average Bonchev–Trinajstić information content (AvgIpc) is 2.88. The molecule has 1 aromatic carbocycles. The van der Waals surface area contributed by atoms with E-state index in [1.165, 1.54) is 0 Å². The Labute approximate surface area is 172 Å². The van der Waals surface area contributed by atoms with Gasteiger partial charge in [0.25, 0.3) is 5.91 Å². The molecular formula is C20H29ClN4O3. The summed E-state index contributed by atoms with van der Waals surface area (Å²) in [4.78, 5) is 38.9. The number of hydrogen-bond donors (Lipinski definition) is 3. The Bertz CT molecular complexity index is 742. The standard InChI is InChI=1S/C20H28N4O3.ClH/c1-3-21-12-15-9-4-5-10-16(15)22-17(25)13-24-18(26)20(23-19(24)27)11-7-6-8-14(20)2;/h4-5,9-10,14,21H,3,6-8,11-13H2,1-2H3,(H,22,25)(H,23,27);1H. The maximum absolute atomic E-state index is 13.0. The number of nitrogens with zero attached hydrogens (tertiary/aromatic N) is 1. The van der Waals surface area contributed by atoms with Gasteiger partial charge in [-0.3, -0.25) is 14.5 Å². The number of para-hydroxylation sites is 1. The van der Waals surface area contributed by atoms with Crippen LogP contribution in [0.3, 0.4) is 0 Å². The molecule has 0 bridgehead atoms. The number of rotatable bonds is 6. The fourth-order valence-corrected chi connectivity index (χ4v) is 4.03. The fraction of sp³-hybridized carbons (Fsp3) is 0.550. The van der Waals surface area contributed by atoms with Crippen molar-refractivity contribution in [1.29, 1.82) is 0 Å². The predicted molar refractivity (Wildman–Crippen MR) is 110 cm³/mol. The molecule has 4 amide bonds. The minimum absolute atomic E-state index is 0. The summed E-state index contributed by atoms with van der Waals surface area (Å²) in [5, 5.41) is 8.94. The first-order valence-electron chi connectivity index (χ1n) is 9.70. The Morgan fingerprint density at radius 3 is 2.75 bits per heavy atom. The zero-order valence-electron chi connectivity index (χ0n) is 16.4. The summed E-state index contributed by atoms with van der Waals surface area (Å²) in [7, 11) is 0. The van der Waals surface area contributed by atoms with E-state index in [-0.39, 0.29) is 36.7 Å². The van der Waals surface area contributed by atoms with Crippen LogP contribution in [0.2, 0.25) is 0 Å². The van der Waals surface area contributed by atoms with E-state index in [9.17, 15) is 14.4 Å². The monoisotopic (exact) mass is 408 g/mol. The Kier molecular flexibility index (Phi) is 7.43. The van der Waals surface area contributed by atoms with Gasteiger partial charge in [0.1, 0.15) is 12.1 Å². The molecule has 8 heteroatoms. The summed E-state index contributed by atoms with van der Waals surface area (Å²) in [6.45, 7) is 5.20. The van der Waals surface area contributed by atoms with E-state index in [4.69, 9.17) is 0 Å². The molecule has 2 aliphatic rings. The van der Waals surface area contributed by atoms with Gasteiger partial charge in [0.2, 0.25) is 5.91 Å². The lowest BCUT2D eigenvalue weighted by molar-refractivity contribution is -0.136. The smallest absolute Gasteiger partial charge is 0.324 e. The molecule has 1 heterocycles. The summed E-state index contributed by atoms with van der Waals surface area (Å²) in [6, 6.07) is 7.04. The first kappa shape index (κ1) is 22.2. The van der Waals surface area contributed by atoms with Gasteiger partial charge in [-0.2, -0.15) is 0 Å². The third kappa shape index (κ3) is 4.31. The Morgan fingerprint density at radius 1 is 1.29 bits per heavy atom. The maximum Gasteiger partial charge on any atom is 0.325 e. The van der Waals surface area contributed by atoms with Gasteiger partial charge < -0.3 is 16.0 Å². The van der Waals surface area contributed by atoms with E-state index in [2.05, 4.69) is 16.0 Å². The predicted octanol–water partition coefficient (Wildman–Crippen LogP) is 2.66. The lowest BCUT2D eigenvalue weighted by atomic mass is 9.73. The van der Waals surface area contributed by atoms with Crippen molar-refractivity contribution in [3.8, 4) is 0 Å². The highest BCUT2D eigenvalue weighted by Gasteiger charge is 2.55. The Balaban J connectivity index is 0.00000280. The molecule has 7 nitrogen and oxygen atoms in total. The van der Waals surface area contributed by atoms with Crippen LogP contribution in [-0.2, 0) is 16.1 Å². The summed E-state index contributed by atoms with van der Waals surface area (Å²) in [5.41, 5.74) is 0.817. The summed E-state index contributed by atoms with van der Waals surface area (Å²) >= 11 is 0. The van der Waals surface area contributed by atoms with Crippen LogP contribution in [0.15, 0.2) is 24.3 Å². The van der Waals surface area contributed by atoms with Crippen LogP contribution < -0.4 is 16.0 Å². The molecule has 3 N–H and O–H groups in total. The van der Waals surface area contributed by atoms with Gasteiger partial charge in [0, 0.05) is 12.2 Å². The molecule has 2 atom stereocenters. The zero-order chi connectivity index (χ0) is 19.4. The van der Waals surface area contributed by atoms with Crippen LogP contribution >= 0.6 is 12.4 Å². The number of nitrogens with one attached hydrogen (secondary N) is 3. The highest BCUT2D eigenvalue weighted by atomic mass is 35.5. The van der Waals surface area contributed by atoms with Gasteiger partial charge in [-0.1, -0.05) is 44.9 Å². The van der Waals surface area contributed by atoms with Gasteiger partial charge in [-0.25, -0.2) is 4.79 Å². The van der Waals surface area contributed by atoms with Gasteiger partial charge in [0.15, 0.2) is 0 Å². The minimum atomic E-state index is -0.835. The number of urea groups is 1. The lowest BCUT2D eigenvalue weighted by Crippen LogP contribution is -2.54. The molecule has 0 radical (unpaired) electrons. The van der Waals surface area contributed by atoms with E-state index in [1.807, 2.05) is 38.1 Å². The second-order valence-electron chi connectivity index (χ2n) is 7.43. The van der Waals surface area contributed by atoms with Crippen LogP contribution in [0.1, 0.15) is 45.1 Å². The molecule has 1 saturated heterocycles. The molecule has 0 aromatic heterocycles. The van der Waals surface area contributed by atoms with E-state index >= 15 is 0 Å². The molecule has 1 aliphatic carbocycles. The summed E-state index contributed by atoms with van der Waals surface area (Å²) in [6.07, 6.45) is 3.52. The van der Waals surface area contributed by atoms with Crippen molar-refractivity contribution >= 4 is 35.9 Å². The molecular weight excluding hydrogens is 380 g/mol. The Morgan fingerprint density at radius 2 is 2.04 bits per heavy atom. The van der Waals surface area contributed by atoms with E-state index in [0.29, 0.717) is 18.7 Å². The Hall–Kier alpha value is -2.12. The molecule has 1 aromatic rings. The number of benzene rings is 1. The topological polar surface area (TPSA) is 90.5 Å². The number of hydrogen-bond acceptors (Lipinski definition) is 4. The van der Waals surface area contributed by atoms with Crippen LogP contribution in [0, 0.1) is 5.92 Å². The number of carbonyl (C=O) groups excluding carboxylic acids is 3. The van der Waals surface area contributed by atoms with Crippen molar-refractivity contribution in [2.75, 3.05) is 18.4 Å². The quantitative estimate of drug-likeness (QED) is 0.631. The SMILES string of the molecule is CCNCc1ccccc1NC(=O)CN1C(=O)NC2(CCCCC2C)C1=O.Cl. The molecule has 1 saturated carbocycles. The van der Waals surface area contributed by atoms with Crippen molar-refractivity contribution in [2.45, 2.75) is 51.6 Å². The first-order valence-corrected chi connectivity index (χ1v) is 9.70. The van der Waals surface area contributed by atoms with Crippen molar-refractivity contribution in [1.82, 2.24) is 15.5 Å². The highest BCUT2D eigenvalue weighted by molar-refractivity contribution is 6.10. The number of carbonyl (C=O) groups is 3. The third-order valence-corrected chi connectivity index (χ3v) is 5.66. The van der Waals surface area contributed by atoms with E-state index in [1.54, 1.807) is 0 Å². The summed E-state index contributed by atoms with van der Waals surface area (Å²) in [5.74, 6) is -0.560. The number of halogens is 1. The number of amides is 4. The lowest BCUT2D eigenvalue weighted by Gasteiger charge is -2.36. The second-order valence-corrected chi connectivity index (χ2v) is 7.43. The number of imide groups is 1. The van der Waals surface area contributed by atoms with Crippen LogP contribution in [-0.4, -0.2) is 41.4 Å². The number of anilines is 1. The zero-order valence-corrected chi connectivity index (χ0v) is 17.2. The van der Waals surface area contributed by atoms with Gasteiger partial charge >= 0.3 is 6.03 Å². The molecule has 1 spiro atoms. The van der Waals surface area contributed by atoms with Gasteiger partial charge in [0.05, 0.1) is 0 Å². The fourth-order valence-electron chi connectivity index (χ4n) is 4.03. The molecule has 3 rings (SSSR count). The van der Waals surface area contributed by atoms with Gasteiger partial charge in [-0.15, -0.1) is 12.4 Å². The van der Waals surface area contributed by atoms with E-state index < -0.39 is 11.6 Å². The molecule has 1 aliphatic heterocycles. The molecule has 2 fully saturated rings. The molecule has 154 valence electrons. The van der Waals surface area contributed by atoms with Crippen LogP contribution in [0.25, 0.3) is 0 Å². The molecule has 28 heavy (non-hydrogen) atoms. The van der Waals surface area contributed by atoms with Crippen LogP contribution in [0.4, 0.5) is 10.5 Å². The van der Waals surface area contributed by atoms with Crippen molar-refractivity contribution in [2.24, 2.45) is 5.92 Å². The van der Waals surface area contributed by atoms with Gasteiger partial charge in [-0.05, 0) is 36.9 Å². The van der Waals surface area contributed by atoms with Crippen molar-refractivity contribution < 1.29 is 14.4 Å². The van der Waals surface area contributed by atoms with E-state index in [0.717, 1.165) is 36.3 Å².